The Labute approximate surface area is 89.3 Å². The van der Waals surface area contributed by atoms with E-state index in [1.165, 1.54) is 4.90 Å². The third-order valence-electron chi connectivity index (χ3n) is 3.22. The van der Waals surface area contributed by atoms with E-state index in [9.17, 15) is 9.59 Å². The van der Waals surface area contributed by atoms with Gasteiger partial charge in [-0.25, -0.2) is 0 Å². The summed E-state index contributed by atoms with van der Waals surface area (Å²) in [4.78, 5) is 25.0. The number of carbonyl (C=O) groups excluding carboxylic acids is 2. The molecule has 0 spiro atoms. The van der Waals surface area contributed by atoms with Crippen molar-refractivity contribution in [3.8, 4) is 0 Å². The fourth-order valence-corrected chi connectivity index (χ4v) is 2.65. The molecule has 2 fully saturated rings. The third kappa shape index (κ3) is 1.45. The number of fused-ring (bicyclic) bond motifs is 1. The Morgan fingerprint density at radius 1 is 1.21 bits per heavy atom. The van der Waals surface area contributed by atoms with Gasteiger partial charge in [-0.2, -0.15) is 12.6 Å². The quantitative estimate of drug-likeness (QED) is 0.563. The molecule has 78 valence electrons. The summed E-state index contributed by atoms with van der Waals surface area (Å²) in [7, 11) is 0. The van der Waals surface area contributed by atoms with E-state index >= 15 is 0 Å². The summed E-state index contributed by atoms with van der Waals surface area (Å²) in [5.41, 5.74) is 0. The Morgan fingerprint density at radius 3 is 2.29 bits per heavy atom. The molecule has 2 rings (SSSR count). The van der Waals surface area contributed by atoms with E-state index < -0.39 is 0 Å². The van der Waals surface area contributed by atoms with Crippen LogP contribution in [-0.4, -0.2) is 29.0 Å². The molecule has 0 aromatic heterocycles. The molecule has 2 atom stereocenters. The SMILES string of the molecule is O=C1C2CCCC2C(=O)N1CCCS. The summed E-state index contributed by atoms with van der Waals surface area (Å²) in [5, 5.41) is 0. The van der Waals surface area contributed by atoms with Gasteiger partial charge in [0, 0.05) is 6.54 Å². The lowest BCUT2D eigenvalue weighted by molar-refractivity contribution is -0.140. The first-order chi connectivity index (χ1) is 6.75. The largest absolute Gasteiger partial charge is 0.282 e. The van der Waals surface area contributed by atoms with Crippen molar-refractivity contribution < 1.29 is 9.59 Å². The van der Waals surface area contributed by atoms with Crippen molar-refractivity contribution in [1.82, 2.24) is 4.90 Å². The van der Waals surface area contributed by atoms with Gasteiger partial charge in [-0.15, -0.1) is 0 Å². The van der Waals surface area contributed by atoms with E-state index in [1.807, 2.05) is 0 Å². The molecule has 0 aromatic carbocycles. The maximum absolute atomic E-state index is 11.8. The van der Waals surface area contributed by atoms with E-state index in [0.717, 1.165) is 31.4 Å². The van der Waals surface area contributed by atoms with Crippen LogP contribution in [0.2, 0.25) is 0 Å². The Morgan fingerprint density at radius 2 is 1.79 bits per heavy atom. The Kier molecular flexibility index (Phi) is 2.81. The number of likely N-dealkylation sites (tertiary alicyclic amines) is 1. The molecule has 2 unspecified atom stereocenters. The molecular weight excluding hydrogens is 198 g/mol. The highest BCUT2D eigenvalue weighted by Gasteiger charge is 2.49. The maximum Gasteiger partial charge on any atom is 0.233 e. The van der Waals surface area contributed by atoms with Crippen molar-refractivity contribution in [2.75, 3.05) is 12.3 Å². The molecule has 1 saturated heterocycles. The molecule has 1 heterocycles. The number of carbonyl (C=O) groups is 2. The molecular formula is C10H15NO2S. The van der Waals surface area contributed by atoms with Crippen LogP contribution in [-0.2, 0) is 9.59 Å². The monoisotopic (exact) mass is 213 g/mol. The van der Waals surface area contributed by atoms with Crippen LogP contribution in [0.5, 0.6) is 0 Å². The normalized spacial score (nSPS) is 31.4. The smallest absolute Gasteiger partial charge is 0.233 e. The van der Waals surface area contributed by atoms with E-state index in [1.54, 1.807) is 0 Å². The van der Waals surface area contributed by atoms with Crippen molar-refractivity contribution >= 4 is 24.4 Å². The van der Waals surface area contributed by atoms with Crippen molar-refractivity contribution in [2.24, 2.45) is 11.8 Å². The van der Waals surface area contributed by atoms with E-state index in [0.29, 0.717) is 6.54 Å². The standard InChI is InChI=1S/C10H15NO2S/c12-9-7-3-1-4-8(7)10(13)11(9)5-2-6-14/h7-8,14H,1-6H2. The number of rotatable bonds is 3. The lowest BCUT2D eigenvalue weighted by Crippen LogP contribution is -2.32. The molecule has 1 aliphatic carbocycles. The third-order valence-corrected chi connectivity index (χ3v) is 3.54. The van der Waals surface area contributed by atoms with Crippen molar-refractivity contribution in [2.45, 2.75) is 25.7 Å². The number of imide groups is 1. The summed E-state index contributed by atoms with van der Waals surface area (Å²) in [6.45, 7) is 0.564. The number of thiol groups is 1. The van der Waals surface area contributed by atoms with Crippen molar-refractivity contribution in [1.29, 1.82) is 0 Å². The van der Waals surface area contributed by atoms with Gasteiger partial charge in [0.15, 0.2) is 0 Å². The zero-order valence-electron chi connectivity index (χ0n) is 8.11. The van der Waals surface area contributed by atoms with E-state index in [2.05, 4.69) is 12.6 Å². The number of hydrogen-bond acceptors (Lipinski definition) is 3. The summed E-state index contributed by atoms with van der Waals surface area (Å²) in [6.07, 6.45) is 3.66. The van der Waals surface area contributed by atoms with Gasteiger partial charge in [-0.3, -0.25) is 14.5 Å². The summed E-state index contributed by atoms with van der Waals surface area (Å²) in [6, 6.07) is 0. The molecule has 2 aliphatic rings. The second-order valence-electron chi connectivity index (χ2n) is 4.05. The van der Waals surface area contributed by atoms with Gasteiger partial charge in [0.1, 0.15) is 0 Å². The van der Waals surface area contributed by atoms with Gasteiger partial charge in [0.05, 0.1) is 11.8 Å². The molecule has 1 saturated carbocycles. The lowest BCUT2D eigenvalue weighted by Gasteiger charge is -2.14. The van der Waals surface area contributed by atoms with E-state index in [-0.39, 0.29) is 23.7 Å². The topological polar surface area (TPSA) is 37.4 Å². The second kappa shape index (κ2) is 3.93. The molecule has 4 heteroatoms. The molecule has 14 heavy (non-hydrogen) atoms. The Balaban J connectivity index is 2.06. The second-order valence-corrected chi connectivity index (χ2v) is 4.50. The fourth-order valence-electron chi connectivity index (χ4n) is 2.51. The van der Waals surface area contributed by atoms with Crippen LogP contribution >= 0.6 is 12.6 Å². The first-order valence-electron chi connectivity index (χ1n) is 5.22. The lowest BCUT2D eigenvalue weighted by atomic mass is 10.00. The van der Waals surface area contributed by atoms with Crippen molar-refractivity contribution in [3.63, 3.8) is 0 Å². The number of nitrogens with zero attached hydrogens (tertiary/aromatic N) is 1. The number of hydrogen-bond donors (Lipinski definition) is 1. The Bertz CT molecular complexity index is 245. The molecule has 3 nitrogen and oxygen atoms in total. The van der Waals surface area contributed by atoms with E-state index in [4.69, 9.17) is 0 Å². The summed E-state index contributed by atoms with van der Waals surface area (Å²) in [5.74, 6) is 0.898. The predicted molar refractivity (Wildman–Crippen MR) is 56.0 cm³/mol. The summed E-state index contributed by atoms with van der Waals surface area (Å²) >= 11 is 4.09. The average molecular weight is 213 g/mol. The molecule has 2 amide bonds. The van der Waals surface area contributed by atoms with Crippen molar-refractivity contribution in [3.05, 3.63) is 0 Å². The highest BCUT2D eigenvalue weighted by Crippen LogP contribution is 2.39. The van der Waals surface area contributed by atoms with Crippen LogP contribution in [0.1, 0.15) is 25.7 Å². The number of amides is 2. The van der Waals surface area contributed by atoms with Crippen LogP contribution in [0.15, 0.2) is 0 Å². The highest BCUT2D eigenvalue weighted by atomic mass is 32.1. The van der Waals surface area contributed by atoms with Crippen LogP contribution in [0.4, 0.5) is 0 Å². The molecule has 0 radical (unpaired) electrons. The first kappa shape index (κ1) is 10.0. The van der Waals surface area contributed by atoms with Gasteiger partial charge in [0.2, 0.25) is 11.8 Å². The van der Waals surface area contributed by atoms with Crippen LogP contribution in [0, 0.1) is 11.8 Å². The average Bonchev–Trinajstić information content (AvgIpc) is 2.72. The summed E-state index contributed by atoms with van der Waals surface area (Å²) < 4.78 is 0. The maximum atomic E-state index is 11.8. The molecule has 0 aromatic rings. The van der Waals surface area contributed by atoms with Crippen LogP contribution < -0.4 is 0 Å². The van der Waals surface area contributed by atoms with Crippen LogP contribution in [0.3, 0.4) is 0 Å². The first-order valence-corrected chi connectivity index (χ1v) is 5.85. The molecule has 1 aliphatic heterocycles. The Hall–Kier alpha value is -0.510. The fraction of sp³-hybridized carbons (Fsp3) is 0.800. The van der Waals surface area contributed by atoms with Gasteiger partial charge in [0.25, 0.3) is 0 Å². The molecule has 0 N–H and O–H groups in total. The van der Waals surface area contributed by atoms with Gasteiger partial charge < -0.3 is 0 Å². The van der Waals surface area contributed by atoms with Gasteiger partial charge in [-0.05, 0) is 25.0 Å². The predicted octanol–water partition coefficient (Wildman–Crippen LogP) is 1.09. The molecule has 0 bridgehead atoms. The van der Waals surface area contributed by atoms with Crippen LogP contribution in [0.25, 0.3) is 0 Å². The van der Waals surface area contributed by atoms with Gasteiger partial charge >= 0.3 is 0 Å². The van der Waals surface area contributed by atoms with Gasteiger partial charge in [-0.1, -0.05) is 6.42 Å². The highest BCUT2D eigenvalue weighted by molar-refractivity contribution is 7.80. The zero-order chi connectivity index (χ0) is 10.1. The zero-order valence-corrected chi connectivity index (χ0v) is 9.00. The minimum Gasteiger partial charge on any atom is -0.282 e. The minimum atomic E-state index is 0.0161. The minimum absolute atomic E-state index is 0.0161.